The molecule has 0 fully saturated rings. The van der Waals surface area contributed by atoms with Crippen LogP contribution in [0.4, 0.5) is 15.6 Å². The maximum absolute atomic E-state index is 12.1. The molecule has 3 amide bonds. The number of pyridine rings is 1. The molecule has 1 aliphatic rings. The number of carbonyl (C=O) groups excluding carboxylic acids is 2. The smallest absolute Gasteiger partial charge is 0.325 e. The summed E-state index contributed by atoms with van der Waals surface area (Å²) < 4.78 is 0. The van der Waals surface area contributed by atoms with Gasteiger partial charge in [-0.3, -0.25) is 15.4 Å². The van der Waals surface area contributed by atoms with Gasteiger partial charge in [-0.15, -0.1) is 11.3 Å². The van der Waals surface area contributed by atoms with E-state index < -0.39 is 11.9 Å². The number of nitrogens with one attached hydrogen (secondary N) is 2. The first-order chi connectivity index (χ1) is 11.0. The summed E-state index contributed by atoms with van der Waals surface area (Å²) in [5.41, 5.74) is 6.98. The molecule has 1 unspecified atom stereocenters. The van der Waals surface area contributed by atoms with Crippen molar-refractivity contribution in [1.82, 2.24) is 4.98 Å². The van der Waals surface area contributed by atoms with Crippen LogP contribution in [0.5, 0.6) is 0 Å². The molecule has 2 heterocycles. The summed E-state index contributed by atoms with van der Waals surface area (Å²) in [5.74, 6) is 0.530. The van der Waals surface area contributed by atoms with Crippen LogP contribution in [0.3, 0.4) is 0 Å². The number of fused-ring (bicyclic) bond motifs is 1. The molecule has 3 rings (SSSR count). The van der Waals surface area contributed by atoms with Crippen molar-refractivity contribution in [3.63, 3.8) is 0 Å². The van der Waals surface area contributed by atoms with Crippen LogP contribution in [0, 0.1) is 5.92 Å². The molecular weight excluding hydrogens is 312 g/mol. The number of anilines is 2. The zero-order valence-electron chi connectivity index (χ0n) is 12.8. The Morgan fingerprint density at radius 1 is 1.35 bits per heavy atom. The highest BCUT2D eigenvalue weighted by atomic mass is 32.1. The predicted molar refractivity (Wildman–Crippen MR) is 90.9 cm³/mol. The molecular formula is C16H18N4O2S. The first kappa shape index (κ1) is 15.5. The van der Waals surface area contributed by atoms with E-state index in [4.69, 9.17) is 5.73 Å². The molecule has 0 spiro atoms. The van der Waals surface area contributed by atoms with Gasteiger partial charge in [0.25, 0.3) is 5.91 Å². The second-order valence-corrected chi connectivity index (χ2v) is 6.82. The van der Waals surface area contributed by atoms with E-state index in [9.17, 15) is 9.59 Å². The quantitative estimate of drug-likeness (QED) is 0.807. The minimum Gasteiger partial charge on any atom is -0.365 e. The fraction of sp³-hybridized carbons (Fsp3) is 0.312. The fourth-order valence-corrected chi connectivity index (χ4v) is 4.20. The van der Waals surface area contributed by atoms with Crippen LogP contribution >= 0.6 is 11.3 Å². The van der Waals surface area contributed by atoms with Crippen LogP contribution in [0.1, 0.15) is 34.1 Å². The van der Waals surface area contributed by atoms with E-state index in [1.54, 1.807) is 24.4 Å². The monoisotopic (exact) mass is 330 g/mol. The number of nitrogens with zero attached hydrogens (tertiary/aromatic N) is 1. The van der Waals surface area contributed by atoms with Crippen LogP contribution in [0.25, 0.3) is 0 Å². The van der Waals surface area contributed by atoms with Crippen molar-refractivity contribution in [2.75, 3.05) is 10.6 Å². The molecule has 120 valence electrons. The summed E-state index contributed by atoms with van der Waals surface area (Å²) in [6, 6.07) is 4.80. The van der Waals surface area contributed by atoms with Gasteiger partial charge in [-0.1, -0.05) is 13.0 Å². The van der Waals surface area contributed by atoms with Crippen molar-refractivity contribution in [3.05, 3.63) is 40.4 Å². The van der Waals surface area contributed by atoms with Gasteiger partial charge in [0.1, 0.15) is 10.8 Å². The molecule has 1 atom stereocenters. The van der Waals surface area contributed by atoms with Crippen molar-refractivity contribution in [1.29, 1.82) is 0 Å². The number of rotatable bonds is 3. The third-order valence-corrected chi connectivity index (χ3v) is 5.06. The predicted octanol–water partition coefficient (Wildman–Crippen LogP) is 3.01. The molecule has 0 saturated heterocycles. The van der Waals surface area contributed by atoms with E-state index in [1.807, 2.05) is 0 Å². The van der Waals surface area contributed by atoms with E-state index in [-0.39, 0.29) is 0 Å². The van der Waals surface area contributed by atoms with Gasteiger partial charge in [-0.05, 0) is 42.9 Å². The lowest BCUT2D eigenvalue weighted by molar-refractivity contribution is 0.100. The molecule has 2 aromatic heterocycles. The number of nitrogens with two attached hydrogens (primary N) is 1. The number of aromatic nitrogens is 1. The fourth-order valence-electron chi connectivity index (χ4n) is 2.79. The summed E-state index contributed by atoms with van der Waals surface area (Å²) in [6.07, 6.45) is 4.37. The first-order valence-corrected chi connectivity index (χ1v) is 8.29. The molecule has 4 N–H and O–H groups in total. The Kier molecular flexibility index (Phi) is 4.29. The van der Waals surface area contributed by atoms with E-state index in [0.717, 1.165) is 29.7 Å². The summed E-state index contributed by atoms with van der Waals surface area (Å²) in [4.78, 5) is 29.1. The lowest BCUT2D eigenvalue weighted by Gasteiger charge is -2.18. The van der Waals surface area contributed by atoms with Crippen molar-refractivity contribution in [2.45, 2.75) is 26.2 Å². The molecule has 7 heteroatoms. The highest BCUT2D eigenvalue weighted by Crippen LogP contribution is 2.39. The Hall–Kier alpha value is -2.41. The van der Waals surface area contributed by atoms with E-state index in [2.05, 4.69) is 22.5 Å². The van der Waals surface area contributed by atoms with Gasteiger partial charge in [0.05, 0.1) is 5.56 Å². The zero-order valence-corrected chi connectivity index (χ0v) is 13.6. The first-order valence-electron chi connectivity index (χ1n) is 7.48. The Labute approximate surface area is 138 Å². The number of primary amides is 1. The van der Waals surface area contributed by atoms with Crippen molar-refractivity contribution >= 4 is 34.1 Å². The van der Waals surface area contributed by atoms with Crippen LogP contribution in [0.2, 0.25) is 0 Å². The standard InChI is InChI=1S/C16H18N4O2S/c1-9-5-6-10-11(8-9)23-15(13(10)14(17)21)20-16(22)19-12-4-2-3-7-18-12/h2-4,7,9H,5-6,8H2,1H3,(H2,17,21)(H2,18,19,20,22). The van der Waals surface area contributed by atoms with Gasteiger partial charge >= 0.3 is 6.03 Å². The maximum atomic E-state index is 12.1. The van der Waals surface area contributed by atoms with E-state index >= 15 is 0 Å². The minimum absolute atomic E-state index is 0.433. The Morgan fingerprint density at radius 2 is 2.17 bits per heavy atom. The molecule has 6 nitrogen and oxygen atoms in total. The van der Waals surface area contributed by atoms with Crippen molar-refractivity contribution in [2.24, 2.45) is 11.7 Å². The number of hydrogen-bond donors (Lipinski definition) is 3. The van der Waals surface area contributed by atoms with Gasteiger partial charge in [0.2, 0.25) is 0 Å². The highest BCUT2D eigenvalue weighted by Gasteiger charge is 2.27. The number of hydrogen-bond acceptors (Lipinski definition) is 4. The van der Waals surface area contributed by atoms with Crippen LogP contribution in [-0.4, -0.2) is 16.9 Å². The van der Waals surface area contributed by atoms with Crippen LogP contribution < -0.4 is 16.4 Å². The second kappa shape index (κ2) is 6.37. The van der Waals surface area contributed by atoms with Crippen LogP contribution in [0.15, 0.2) is 24.4 Å². The molecule has 0 saturated carbocycles. The molecule has 0 aliphatic heterocycles. The SMILES string of the molecule is CC1CCc2c(sc(NC(=O)Nc3ccccn3)c2C(N)=O)C1. The Morgan fingerprint density at radius 3 is 2.87 bits per heavy atom. The lowest BCUT2D eigenvalue weighted by Crippen LogP contribution is -2.22. The summed E-state index contributed by atoms with van der Waals surface area (Å²) >= 11 is 1.44. The largest absolute Gasteiger partial charge is 0.365 e. The second-order valence-electron chi connectivity index (χ2n) is 5.71. The number of urea groups is 1. The number of carbonyl (C=O) groups is 2. The van der Waals surface area contributed by atoms with Crippen molar-refractivity contribution < 1.29 is 9.59 Å². The van der Waals surface area contributed by atoms with E-state index in [0.29, 0.717) is 22.3 Å². The third-order valence-electron chi connectivity index (χ3n) is 3.89. The lowest BCUT2D eigenvalue weighted by atomic mass is 9.88. The Bertz CT molecular complexity index is 742. The van der Waals surface area contributed by atoms with Crippen LogP contribution in [-0.2, 0) is 12.8 Å². The molecule has 0 bridgehead atoms. The van der Waals surface area contributed by atoms with Gasteiger partial charge in [0, 0.05) is 11.1 Å². The highest BCUT2D eigenvalue weighted by molar-refractivity contribution is 7.17. The summed E-state index contributed by atoms with van der Waals surface area (Å²) in [5, 5.41) is 5.90. The molecule has 2 aromatic rings. The average Bonchev–Trinajstić information content (AvgIpc) is 2.84. The van der Waals surface area contributed by atoms with Crippen molar-refractivity contribution in [3.8, 4) is 0 Å². The Balaban J connectivity index is 1.82. The molecule has 0 aromatic carbocycles. The van der Waals surface area contributed by atoms with Gasteiger partial charge in [0.15, 0.2) is 0 Å². The average molecular weight is 330 g/mol. The third kappa shape index (κ3) is 3.34. The number of thiophene rings is 1. The molecule has 0 radical (unpaired) electrons. The number of amides is 3. The zero-order chi connectivity index (χ0) is 16.4. The summed E-state index contributed by atoms with van der Waals surface area (Å²) in [7, 11) is 0. The van der Waals surface area contributed by atoms with Gasteiger partial charge in [-0.25, -0.2) is 9.78 Å². The molecule has 1 aliphatic carbocycles. The summed E-state index contributed by atoms with van der Waals surface area (Å²) in [6.45, 7) is 2.19. The minimum atomic E-state index is -0.495. The van der Waals surface area contributed by atoms with E-state index in [1.165, 1.54) is 11.3 Å². The maximum Gasteiger partial charge on any atom is 0.325 e. The van der Waals surface area contributed by atoms with Gasteiger partial charge < -0.3 is 5.73 Å². The molecule has 23 heavy (non-hydrogen) atoms. The van der Waals surface area contributed by atoms with Gasteiger partial charge in [-0.2, -0.15) is 0 Å². The normalized spacial score (nSPS) is 16.5. The topological polar surface area (TPSA) is 97.1 Å².